The van der Waals surface area contributed by atoms with Crippen LogP contribution in [0.4, 0.5) is 11.4 Å². The van der Waals surface area contributed by atoms with Crippen LogP contribution in [0.5, 0.6) is 11.5 Å². The van der Waals surface area contributed by atoms with Gasteiger partial charge in [0.05, 0.1) is 0 Å². The second-order valence-corrected chi connectivity index (χ2v) is 13.6. The van der Waals surface area contributed by atoms with E-state index in [1.54, 1.807) is 0 Å². The Bertz CT molecular complexity index is 2360. The van der Waals surface area contributed by atoms with Crippen molar-refractivity contribution in [3.05, 3.63) is 163 Å². The number of ether oxygens (including phenoxy) is 1. The van der Waals surface area contributed by atoms with Gasteiger partial charge in [0.25, 0.3) is 0 Å². The summed E-state index contributed by atoms with van der Waals surface area (Å²) in [5.74, 6) is 2.09. The predicted molar refractivity (Wildman–Crippen MR) is 201 cm³/mol. The Morgan fingerprint density at radius 3 is 2.26 bits per heavy atom. The molecule has 0 bridgehead atoms. The molecule has 0 saturated carbocycles. The zero-order valence-corrected chi connectivity index (χ0v) is 31.0. The van der Waals surface area contributed by atoms with E-state index in [1.165, 1.54) is 27.8 Å². The quantitative estimate of drug-likeness (QED) is 0.156. The van der Waals surface area contributed by atoms with Crippen LogP contribution in [0.2, 0.25) is 0 Å². The summed E-state index contributed by atoms with van der Waals surface area (Å²) in [5, 5.41) is 2.25. The summed E-state index contributed by atoms with van der Waals surface area (Å²) < 4.78 is 8.61. The van der Waals surface area contributed by atoms with Crippen molar-refractivity contribution in [1.29, 1.82) is 0 Å². The van der Waals surface area contributed by atoms with Crippen molar-refractivity contribution in [1.82, 2.24) is 9.55 Å². The number of hydrogen-bond acceptors (Lipinski definition) is 4. The van der Waals surface area contributed by atoms with E-state index in [0.717, 1.165) is 39.0 Å². The Kier molecular flexibility index (Phi) is 8.88. The number of nitrogens with zero attached hydrogens (tertiary/aromatic N) is 4. The van der Waals surface area contributed by atoms with E-state index in [1.807, 2.05) is 36.7 Å². The largest absolute Gasteiger partial charge is 0.509 e. The van der Waals surface area contributed by atoms with E-state index in [2.05, 4.69) is 159 Å². The Balaban J connectivity index is 0.00000392. The Labute approximate surface area is 308 Å². The molecule has 1 aliphatic heterocycles. The maximum Gasteiger partial charge on any atom is 0.135 e. The number of aryl methyl sites for hydroxylation is 2. The van der Waals surface area contributed by atoms with Crippen molar-refractivity contribution >= 4 is 33.2 Å². The maximum absolute atomic E-state index is 6.43. The number of hydrogen-bond donors (Lipinski definition) is 0. The van der Waals surface area contributed by atoms with Crippen molar-refractivity contribution in [2.24, 2.45) is 0 Å². The second kappa shape index (κ2) is 13.3. The van der Waals surface area contributed by atoms with Gasteiger partial charge < -0.3 is 19.1 Å². The smallest absolute Gasteiger partial charge is 0.135 e. The molecule has 2 aromatic heterocycles. The monoisotopic (exact) mass is 832 g/mol. The number of para-hydroxylation sites is 1. The fraction of sp³-hybridized carbons (Fsp3) is 0.136. The van der Waals surface area contributed by atoms with Gasteiger partial charge in [-0.25, -0.2) is 4.98 Å². The van der Waals surface area contributed by atoms with Gasteiger partial charge in [0.1, 0.15) is 5.82 Å². The fourth-order valence-corrected chi connectivity index (χ4v) is 6.69. The van der Waals surface area contributed by atoms with Crippen molar-refractivity contribution in [3.63, 3.8) is 0 Å². The van der Waals surface area contributed by atoms with E-state index in [0.29, 0.717) is 11.5 Å². The van der Waals surface area contributed by atoms with Crippen LogP contribution in [0.25, 0.3) is 38.8 Å². The van der Waals surface area contributed by atoms with E-state index >= 15 is 0 Å². The van der Waals surface area contributed by atoms with Crippen LogP contribution in [0.1, 0.15) is 37.5 Å². The van der Waals surface area contributed by atoms with Gasteiger partial charge in [0, 0.05) is 50.0 Å². The van der Waals surface area contributed by atoms with Gasteiger partial charge in [-0.3, -0.25) is 0 Å². The molecule has 5 aromatic carbocycles. The molecule has 0 fully saturated rings. The van der Waals surface area contributed by atoms with E-state index < -0.39 is 0 Å². The molecule has 0 aliphatic carbocycles. The van der Waals surface area contributed by atoms with Gasteiger partial charge >= 0.3 is 0 Å². The van der Waals surface area contributed by atoms with Crippen LogP contribution in [-0.2, 0) is 26.5 Å². The molecule has 6 heteroatoms. The predicted octanol–water partition coefficient (Wildman–Crippen LogP) is 11.1. The number of rotatable bonds is 6. The van der Waals surface area contributed by atoms with Crippen LogP contribution in [0, 0.1) is 32.6 Å². The molecule has 0 saturated heterocycles. The first-order valence-corrected chi connectivity index (χ1v) is 16.6. The molecule has 0 amide bonds. The third kappa shape index (κ3) is 6.23. The first-order chi connectivity index (χ1) is 23.7. The fourth-order valence-electron chi connectivity index (χ4n) is 6.69. The molecule has 8 rings (SSSR count). The van der Waals surface area contributed by atoms with Crippen LogP contribution < -0.4 is 14.5 Å². The number of aromatic nitrogens is 2. The van der Waals surface area contributed by atoms with Crippen molar-refractivity contribution in [2.75, 3.05) is 9.80 Å². The number of fused-ring (bicyclic) bond motifs is 3. The summed E-state index contributed by atoms with van der Waals surface area (Å²) in [4.78, 5) is 8.98. The minimum atomic E-state index is -0.00126. The molecule has 3 heterocycles. The zero-order valence-electron chi connectivity index (χ0n) is 28.7. The average Bonchev–Trinajstić information content (AvgIpc) is 3.72. The minimum Gasteiger partial charge on any atom is -0.509 e. The zero-order chi connectivity index (χ0) is 33.7. The Hall–Kier alpha value is -5.12. The topological polar surface area (TPSA) is 33.5 Å². The number of pyridine rings is 1. The van der Waals surface area contributed by atoms with Gasteiger partial charge in [0.2, 0.25) is 0 Å². The van der Waals surface area contributed by atoms with Gasteiger partial charge in [-0.15, -0.1) is 48.1 Å². The Morgan fingerprint density at radius 2 is 1.44 bits per heavy atom. The molecule has 0 atom stereocenters. The first-order valence-electron chi connectivity index (χ1n) is 16.6. The van der Waals surface area contributed by atoms with E-state index in [9.17, 15) is 0 Å². The summed E-state index contributed by atoms with van der Waals surface area (Å²) in [6.07, 6.45) is 6.00. The molecule has 7 aromatic rings. The molecule has 0 unspecified atom stereocenters. The number of benzene rings is 5. The van der Waals surface area contributed by atoms with Crippen LogP contribution in [0.15, 0.2) is 128 Å². The van der Waals surface area contributed by atoms with E-state index in [4.69, 9.17) is 9.72 Å². The molecular weight excluding hydrogens is 796 g/mol. The van der Waals surface area contributed by atoms with Gasteiger partial charge in [-0.1, -0.05) is 74.8 Å². The molecular formula is C44H37N4OPt-3. The van der Waals surface area contributed by atoms with Crippen LogP contribution in [0.3, 0.4) is 0 Å². The molecule has 50 heavy (non-hydrogen) atoms. The third-order valence-electron chi connectivity index (χ3n) is 9.20. The van der Waals surface area contributed by atoms with Gasteiger partial charge in [0.15, 0.2) is 0 Å². The summed E-state index contributed by atoms with van der Waals surface area (Å²) in [6.45, 7) is 13.1. The van der Waals surface area contributed by atoms with Gasteiger partial charge in [-0.2, -0.15) is 12.1 Å². The Morgan fingerprint density at radius 1 is 0.700 bits per heavy atom. The molecule has 0 N–H and O–H groups in total. The molecule has 0 spiro atoms. The SMILES string of the molecule is Cc1cccc(C)c1-c1cccc(N2C=CN(c3[c-]c(Oc4[c-]c5c(cc4)c4ccccc4n5-c4cc(C(C)(C)C)ccn4)ccc3)[CH-]2)c1.[Pt]. The third-order valence-corrected chi connectivity index (χ3v) is 9.20. The maximum atomic E-state index is 6.43. The van der Waals surface area contributed by atoms with Crippen molar-refractivity contribution < 1.29 is 25.8 Å². The summed E-state index contributed by atoms with van der Waals surface area (Å²) in [7, 11) is 0. The van der Waals surface area contributed by atoms with Crippen molar-refractivity contribution in [2.45, 2.75) is 40.0 Å². The van der Waals surface area contributed by atoms with Gasteiger partial charge in [-0.05, 0) is 95.2 Å². The van der Waals surface area contributed by atoms with E-state index in [-0.39, 0.29) is 26.5 Å². The van der Waals surface area contributed by atoms with Crippen LogP contribution >= 0.6 is 0 Å². The summed E-state index contributed by atoms with van der Waals surface area (Å²) in [6, 6.07) is 44.9. The van der Waals surface area contributed by atoms with Crippen LogP contribution in [-0.4, -0.2) is 9.55 Å². The average molecular weight is 833 g/mol. The summed E-state index contributed by atoms with van der Waals surface area (Å²) >= 11 is 0. The first kappa shape index (κ1) is 33.4. The molecule has 5 nitrogen and oxygen atoms in total. The molecule has 0 radical (unpaired) electrons. The molecule has 1 aliphatic rings. The minimum absolute atomic E-state index is 0. The van der Waals surface area contributed by atoms with Crippen molar-refractivity contribution in [3.8, 4) is 28.4 Å². The normalized spacial score (nSPS) is 12.9. The molecule has 252 valence electrons. The number of anilines is 2. The summed E-state index contributed by atoms with van der Waals surface area (Å²) in [5.41, 5.74) is 10.2. The second-order valence-electron chi connectivity index (χ2n) is 13.6. The standard InChI is InChI=1S/C44H37N4O.Pt/c1-30-11-8-12-31(2)43(30)32-13-9-14-34(25-32)46-23-24-47(29-46)35-15-10-16-36(27-35)49-37-19-20-39-38-17-6-7-18-40(38)48(41(39)28-37)42-26-33(21-22-45-42)44(3,4)5;/h6-26,29H,1-5H3;/q-3;.